The minimum Gasteiger partial charge on any atom is -0.277 e. The highest BCUT2D eigenvalue weighted by Crippen LogP contribution is 2.44. The van der Waals surface area contributed by atoms with Gasteiger partial charge in [-0.3, -0.25) is 4.57 Å². The summed E-state index contributed by atoms with van der Waals surface area (Å²) >= 11 is 3.61. The molecule has 10 aromatic rings. The number of nitrogens with zero attached hydrogens (tertiary/aromatic N) is 3. The Kier molecular flexibility index (Phi) is 5.32. The summed E-state index contributed by atoms with van der Waals surface area (Å²) in [6.07, 6.45) is 0. The quantitative estimate of drug-likeness (QED) is 0.199. The van der Waals surface area contributed by atoms with E-state index in [9.17, 15) is 0 Å². The predicted octanol–water partition coefficient (Wildman–Crippen LogP) is 11.6. The van der Waals surface area contributed by atoms with Crippen molar-refractivity contribution in [3.05, 3.63) is 140 Å². The molecule has 4 heterocycles. The van der Waals surface area contributed by atoms with Crippen LogP contribution in [0.4, 0.5) is 0 Å². The Morgan fingerprint density at radius 1 is 0.444 bits per heavy atom. The maximum Gasteiger partial charge on any atom is 0.235 e. The van der Waals surface area contributed by atoms with Crippen molar-refractivity contribution in [3.63, 3.8) is 0 Å². The van der Waals surface area contributed by atoms with E-state index in [1.54, 1.807) is 11.3 Å². The summed E-state index contributed by atoms with van der Waals surface area (Å²) in [5.41, 5.74) is 7.71. The van der Waals surface area contributed by atoms with E-state index in [1.807, 2.05) is 11.3 Å². The lowest BCUT2D eigenvalue weighted by Crippen LogP contribution is -2.03. The summed E-state index contributed by atoms with van der Waals surface area (Å²) < 4.78 is 7.19. The highest BCUT2D eigenvalue weighted by molar-refractivity contribution is 7.26. The Morgan fingerprint density at radius 3 is 1.91 bits per heavy atom. The zero-order valence-corrected chi connectivity index (χ0v) is 25.6. The van der Waals surface area contributed by atoms with Crippen LogP contribution in [0.25, 0.3) is 90.6 Å². The van der Waals surface area contributed by atoms with Crippen LogP contribution in [-0.4, -0.2) is 14.5 Å². The molecule has 45 heavy (non-hydrogen) atoms. The first kappa shape index (κ1) is 25.0. The minimum atomic E-state index is 0.696. The molecule has 3 nitrogen and oxygen atoms in total. The van der Waals surface area contributed by atoms with Crippen LogP contribution in [-0.2, 0) is 0 Å². The Morgan fingerprint density at radius 2 is 1.09 bits per heavy atom. The first-order valence-corrected chi connectivity index (χ1v) is 16.6. The number of fused-ring (bicyclic) bond motifs is 10. The van der Waals surface area contributed by atoms with Gasteiger partial charge in [0.15, 0.2) is 0 Å². The molecule has 0 unspecified atom stereocenters. The number of para-hydroxylation sites is 1. The molecular formula is C40H23N3S2. The first-order valence-electron chi connectivity index (χ1n) is 15.0. The van der Waals surface area contributed by atoms with Crippen molar-refractivity contribution >= 4 is 85.0 Å². The molecule has 0 aliphatic heterocycles. The van der Waals surface area contributed by atoms with Crippen LogP contribution in [0.3, 0.4) is 0 Å². The Bertz CT molecular complexity index is 2750. The van der Waals surface area contributed by atoms with Crippen molar-refractivity contribution in [3.8, 4) is 28.3 Å². The van der Waals surface area contributed by atoms with Gasteiger partial charge in [-0.05, 0) is 35.4 Å². The van der Waals surface area contributed by atoms with Crippen LogP contribution < -0.4 is 0 Å². The van der Waals surface area contributed by atoms with Crippen LogP contribution in [0, 0.1) is 0 Å². The number of hydrogen-bond donors (Lipinski definition) is 0. The van der Waals surface area contributed by atoms with Gasteiger partial charge in [-0.1, -0.05) is 115 Å². The number of rotatable bonds is 3. The zero-order valence-electron chi connectivity index (χ0n) is 23.9. The first-order chi connectivity index (χ1) is 22.3. The Hall–Kier alpha value is -5.36. The second-order valence-electron chi connectivity index (χ2n) is 11.4. The van der Waals surface area contributed by atoms with Crippen LogP contribution >= 0.6 is 22.7 Å². The third-order valence-corrected chi connectivity index (χ3v) is 11.2. The van der Waals surface area contributed by atoms with E-state index in [1.165, 1.54) is 46.8 Å². The van der Waals surface area contributed by atoms with Gasteiger partial charge in [0.2, 0.25) is 5.95 Å². The molecule has 0 fully saturated rings. The molecule has 0 atom stereocenters. The van der Waals surface area contributed by atoms with E-state index in [2.05, 4.69) is 144 Å². The van der Waals surface area contributed by atoms with E-state index >= 15 is 0 Å². The summed E-state index contributed by atoms with van der Waals surface area (Å²) in [5.74, 6) is 0.696. The number of thiophene rings is 2. The molecular weight excluding hydrogens is 587 g/mol. The second kappa shape index (κ2) is 9.57. The molecule has 5 heteroatoms. The Balaban J connectivity index is 1.32. The third kappa shape index (κ3) is 3.69. The van der Waals surface area contributed by atoms with Crippen LogP contribution in [0.1, 0.15) is 0 Å². The average Bonchev–Trinajstić information content (AvgIpc) is 3.78. The van der Waals surface area contributed by atoms with Gasteiger partial charge in [-0.25, -0.2) is 9.97 Å². The maximum absolute atomic E-state index is 5.45. The van der Waals surface area contributed by atoms with Gasteiger partial charge in [0.25, 0.3) is 0 Å². The minimum absolute atomic E-state index is 0.696. The molecule has 0 aliphatic rings. The van der Waals surface area contributed by atoms with Crippen LogP contribution in [0.5, 0.6) is 0 Å². The van der Waals surface area contributed by atoms with Crippen LogP contribution in [0.2, 0.25) is 0 Å². The van der Waals surface area contributed by atoms with E-state index < -0.39 is 0 Å². The summed E-state index contributed by atoms with van der Waals surface area (Å²) in [6, 6.07) is 49.8. The lowest BCUT2D eigenvalue weighted by atomic mass is 10.0. The van der Waals surface area contributed by atoms with Gasteiger partial charge < -0.3 is 0 Å². The fraction of sp³-hybridized carbons (Fsp3) is 0. The number of hydrogen-bond acceptors (Lipinski definition) is 4. The van der Waals surface area contributed by atoms with Gasteiger partial charge >= 0.3 is 0 Å². The number of benzene rings is 6. The second-order valence-corrected chi connectivity index (χ2v) is 13.5. The smallest absolute Gasteiger partial charge is 0.235 e. The van der Waals surface area contributed by atoms with Crippen molar-refractivity contribution < 1.29 is 0 Å². The highest BCUT2D eigenvalue weighted by atomic mass is 32.1. The van der Waals surface area contributed by atoms with Crippen molar-refractivity contribution in [2.45, 2.75) is 0 Å². The van der Waals surface area contributed by atoms with Gasteiger partial charge in [-0.2, -0.15) is 0 Å². The SMILES string of the molecule is c1ccc(-c2ccc(-c3nc(-n4c5ccccc5c5ccc6sc7ccccc7c6c54)nc4c3sc3ccccc34)cc2)cc1. The summed E-state index contributed by atoms with van der Waals surface area (Å²) in [6.45, 7) is 0. The molecule has 0 bridgehead atoms. The Labute approximate surface area is 266 Å². The average molecular weight is 610 g/mol. The molecule has 0 saturated heterocycles. The fourth-order valence-corrected chi connectivity index (χ4v) is 9.06. The molecule has 0 N–H and O–H groups in total. The van der Waals surface area contributed by atoms with Gasteiger partial charge in [-0.15, -0.1) is 22.7 Å². The van der Waals surface area contributed by atoms with Crippen molar-refractivity contribution in [1.82, 2.24) is 14.5 Å². The summed E-state index contributed by atoms with van der Waals surface area (Å²) in [7, 11) is 0. The van der Waals surface area contributed by atoms with Gasteiger partial charge in [0.1, 0.15) is 0 Å². The molecule has 0 radical (unpaired) electrons. The molecule has 0 aliphatic carbocycles. The van der Waals surface area contributed by atoms with Crippen LogP contribution in [0.15, 0.2) is 140 Å². The molecule has 210 valence electrons. The lowest BCUT2D eigenvalue weighted by Gasteiger charge is -2.11. The van der Waals surface area contributed by atoms with Crippen molar-refractivity contribution in [1.29, 1.82) is 0 Å². The predicted molar refractivity (Wildman–Crippen MR) is 193 cm³/mol. The lowest BCUT2D eigenvalue weighted by molar-refractivity contribution is 1.02. The van der Waals surface area contributed by atoms with Crippen molar-refractivity contribution in [2.24, 2.45) is 0 Å². The normalized spacial score (nSPS) is 12.0. The molecule has 0 amide bonds. The third-order valence-electron chi connectivity index (χ3n) is 8.85. The fourth-order valence-electron chi connectivity index (χ4n) is 6.80. The van der Waals surface area contributed by atoms with Gasteiger partial charge in [0, 0.05) is 46.6 Å². The summed E-state index contributed by atoms with van der Waals surface area (Å²) in [5, 5.41) is 6.12. The molecule has 10 rings (SSSR count). The van der Waals surface area contributed by atoms with Crippen molar-refractivity contribution in [2.75, 3.05) is 0 Å². The van der Waals surface area contributed by atoms with E-state index in [4.69, 9.17) is 9.97 Å². The maximum atomic E-state index is 5.45. The monoisotopic (exact) mass is 609 g/mol. The standard InChI is InChI=1S/C40H23N3S2/c1-2-10-24(11-3-1)25-18-20-26(21-19-25)36-39-37(30-14-6-9-17-33(30)45-39)42-40(41-36)43-31-15-7-4-12-27(31)28-22-23-34-35(38(28)43)29-13-5-8-16-32(29)44-34/h1-23H. The van der Waals surface area contributed by atoms with Gasteiger partial charge in [0.05, 0.1) is 26.9 Å². The molecule has 0 saturated carbocycles. The largest absolute Gasteiger partial charge is 0.277 e. The van der Waals surface area contributed by atoms with E-state index in [0.717, 1.165) is 37.9 Å². The van der Waals surface area contributed by atoms with E-state index in [-0.39, 0.29) is 0 Å². The highest BCUT2D eigenvalue weighted by Gasteiger charge is 2.22. The molecule has 4 aromatic heterocycles. The zero-order chi connectivity index (χ0) is 29.5. The molecule has 0 spiro atoms. The van der Waals surface area contributed by atoms with E-state index in [0.29, 0.717) is 5.95 Å². The topological polar surface area (TPSA) is 30.7 Å². The summed E-state index contributed by atoms with van der Waals surface area (Å²) in [4.78, 5) is 10.8. The number of aromatic nitrogens is 3. The molecule has 6 aromatic carbocycles.